The fourth-order valence-electron chi connectivity index (χ4n) is 1.25. The molecule has 1 rings (SSSR count). The lowest BCUT2D eigenvalue weighted by molar-refractivity contribution is -0.388. The molecule has 5 nitrogen and oxygen atoms in total. The Kier molecular flexibility index (Phi) is 5.24. The van der Waals surface area contributed by atoms with Crippen molar-refractivity contribution >= 4 is 17.4 Å². The first-order chi connectivity index (χ1) is 8.10. The van der Waals surface area contributed by atoms with E-state index in [0.717, 1.165) is 0 Å². The van der Waals surface area contributed by atoms with Crippen LogP contribution in [0.4, 0.5) is 5.69 Å². The van der Waals surface area contributed by atoms with Crippen LogP contribution in [0.5, 0.6) is 5.75 Å². The van der Waals surface area contributed by atoms with Crippen molar-refractivity contribution in [3.8, 4) is 5.75 Å². The van der Waals surface area contributed by atoms with Crippen molar-refractivity contribution in [3.63, 3.8) is 0 Å². The number of rotatable bonds is 6. The summed E-state index contributed by atoms with van der Waals surface area (Å²) in [6, 6.07) is 4.98. The van der Waals surface area contributed by atoms with Crippen LogP contribution in [0.1, 0.15) is 6.92 Å². The Labute approximate surface area is 104 Å². The van der Waals surface area contributed by atoms with E-state index in [0.29, 0.717) is 10.6 Å². The summed E-state index contributed by atoms with van der Waals surface area (Å²) in [5.41, 5.74) is -0.00913. The van der Waals surface area contributed by atoms with E-state index >= 15 is 0 Å². The van der Waals surface area contributed by atoms with Gasteiger partial charge in [-0.25, -0.2) is 0 Å². The van der Waals surface area contributed by atoms with Gasteiger partial charge in [0.05, 0.1) is 16.9 Å². The van der Waals surface area contributed by atoms with Gasteiger partial charge in [-0.15, -0.1) is 11.8 Å². The number of aliphatic hydroxyl groups excluding tert-OH is 1. The van der Waals surface area contributed by atoms with Gasteiger partial charge in [-0.3, -0.25) is 10.1 Å². The molecular weight excluding hydrogens is 242 g/mol. The Morgan fingerprint density at radius 1 is 1.59 bits per heavy atom. The number of thioether (sulfide) groups is 1. The van der Waals surface area contributed by atoms with Crippen LogP contribution in [0.2, 0.25) is 0 Å². The Bertz CT molecular complexity index is 397. The van der Waals surface area contributed by atoms with Crippen LogP contribution in [0.3, 0.4) is 0 Å². The molecule has 1 N–H and O–H groups in total. The molecule has 6 heteroatoms. The Hall–Kier alpha value is -1.27. The third-order valence-electron chi connectivity index (χ3n) is 2.20. The van der Waals surface area contributed by atoms with Crippen LogP contribution < -0.4 is 4.74 Å². The normalized spacial score (nSPS) is 12.2. The highest BCUT2D eigenvalue weighted by atomic mass is 32.2. The maximum atomic E-state index is 11.0. The third-order valence-corrected chi connectivity index (χ3v) is 3.58. The maximum absolute atomic E-state index is 11.0. The van der Waals surface area contributed by atoms with Gasteiger partial charge in [0.25, 0.3) is 0 Å². The van der Waals surface area contributed by atoms with Crippen molar-refractivity contribution in [1.82, 2.24) is 0 Å². The quantitative estimate of drug-likeness (QED) is 0.481. The summed E-state index contributed by atoms with van der Waals surface area (Å²) in [5, 5.41) is 19.9. The molecule has 0 spiro atoms. The molecule has 0 aliphatic rings. The van der Waals surface area contributed by atoms with Gasteiger partial charge in [-0.05, 0) is 18.1 Å². The molecule has 94 valence electrons. The van der Waals surface area contributed by atoms with Crippen molar-refractivity contribution in [3.05, 3.63) is 28.3 Å². The lowest BCUT2D eigenvalue weighted by Gasteiger charge is -2.09. The second kappa shape index (κ2) is 6.46. The first-order valence-corrected chi connectivity index (χ1v) is 6.13. The molecule has 0 aromatic heterocycles. The van der Waals surface area contributed by atoms with Gasteiger partial charge in [0, 0.05) is 12.4 Å². The predicted molar refractivity (Wildman–Crippen MR) is 66.6 cm³/mol. The Morgan fingerprint density at radius 3 is 2.82 bits per heavy atom. The Balaban J connectivity index is 2.94. The minimum atomic E-state index is -0.440. The molecular formula is C11H15NO4S. The number of methoxy groups -OCH3 is 1. The molecule has 1 aromatic rings. The summed E-state index contributed by atoms with van der Waals surface area (Å²) in [4.78, 5) is 11.1. The zero-order valence-corrected chi connectivity index (χ0v) is 10.6. The Morgan fingerprint density at radius 2 is 2.29 bits per heavy atom. The van der Waals surface area contributed by atoms with Gasteiger partial charge < -0.3 is 9.84 Å². The number of benzene rings is 1. The van der Waals surface area contributed by atoms with E-state index in [1.165, 1.54) is 18.9 Å². The lowest BCUT2D eigenvalue weighted by atomic mass is 10.2. The van der Waals surface area contributed by atoms with Crippen LogP contribution in [0.25, 0.3) is 0 Å². The second-order valence-electron chi connectivity index (χ2n) is 3.66. The summed E-state index contributed by atoms with van der Waals surface area (Å²) >= 11 is 1.36. The maximum Gasteiger partial charge on any atom is 0.324 e. The smallest absolute Gasteiger partial charge is 0.324 e. The molecule has 0 aliphatic carbocycles. The van der Waals surface area contributed by atoms with Gasteiger partial charge in [-0.1, -0.05) is 13.0 Å². The van der Waals surface area contributed by atoms with Crippen LogP contribution in [0, 0.1) is 16.0 Å². The number of ether oxygens (including phenoxy) is 1. The fraction of sp³-hybridized carbons (Fsp3) is 0.455. The van der Waals surface area contributed by atoms with Gasteiger partial charge in [0.2, 0.25) is 0 Å². The van der Waals surface area contributed by atoms with E-state index in [4.69, 9.17) is 9.84 Å². The van der Waals surface area contributed by atoms with E-state index in [9.17, 15) is 10.1 Å². The molecule has 1 unspecified atom stereocenters. The molecule has 0 bridgehead atoms. The number of hydrogen-bond acceptors (Lipinski definition) is 5. The highest BCUT2D eigenvalue weighted by Crippen LogP contribution is 2.37. The van der Waals surface area contributed by atoms with Crippen molar-refractivity contribution in [1.29, 1.82) is 0 Å². The van der Waals surface area contributed by atoms with Crippen molar-refractivity contribution in [2.24, 2.45) is 5.92 Å². The van der Waals surface area contributed by atoms with Gasteiger partial charge in [0.1, 0.15) is 0 Å². The van der Waals surface area contributed by atoms with E-state index in [-0.39, 0.29) is 24.0 Å². The second-order valence-corrected chi connectivity index (χ2v) is 4.72. The number of nitro benzene ring substituents is 1. The van der Waals surface area contributed by atoms with Crippen molar-refractivity contribution in [2.75, 3.05) is 19.5 Å². The topological polar surface area (TPSA) is 72.6 Å². The molecule has 1 aromatic carbocycles. The molecule has 0 saturated heterocycles. The van der Waals surface area contributed by atoms with Gasteiger partial charge in [0.15, 0.2) is 5.75 Å². The van der Waals surface area contributed by atoms with Crippen LogP contribution >= 0.6 is 11.8 Å². The summed E-state index contributed by atoms with van der Waals surface area (Å²) in [6.45, 7) is 1.96. The number of nitro groups is 1. The predicted octanol–water partition coefficient (Wildman–Crippen LogP) is 2.32. The molecule has 0 heterocycles. The lowest BCUT2D eigenvalue weighted by Crippen LogP contribution is -2.04. The highest BCUT2D eigenvalue weighted by molar-refractivity contribution is 7.99. The van der Waals surface area contributed by atoms with Crippen LogP contribution in [-0.4, -0.2) is 29.5 Å². The minimum Gasteiger partial charge on any atom is -0.490 e. The third kappa shape index (κ3) is 3.61. The summed E-state index contributed by atoms with van der Waals surface area (Å²) in [5.74, 6) is 0.993. The number of hydrogen-bond donors (Lipinski definition) is 1. The van der Waals surface area contributed by atoms with Crippen LogP contribution in [0.15, 0.2) is 23.1 Å². The summed E-state index contributed by atoms with van der Waals surface area (Å²) < 4.78 is 4.98. The highest BCUT2D eigenvalue weighted by Gasteiger charge is 2.20. The SMILES string of the molecule is COc1cccc(SCC(C)CO)c1[N+](=O)[O-]. The molecule has 0 amide bonds. The fourth-order valence-corrected chi connectivity index (χ4v) is 2.30. The van der Waals surface area contributed by atoms with Gasteiger partial charge in [-0.2, -0.15) is 0 Å². The number of para-hydroxylation sites is 1. The van der Waals surface area contributed by atoms with E-state index in [2.05, 4.69) is 0 Å². The molecule has 0 aliphatic heterocycles. The number of aliphatic hydroxyl groups is 1. The largest absolute Gasteiger partial charge is 0.490 e. The molecule has 1 atom stereocenters. The zero-order valence-electron chi connectivity index (χ0n) is 9.75. The molecule has 0 fully saturated rings. The molecule has 0 saturated carbocycles. The summed E-state index contributed by atoms with van der Waals surface area (Å²) in [7, 11) is 1.41. The van der Waals surface area contributed by atoms with E-state index in [1.54, 1.807) is 18.2 Å². The molecule has 0 radical (unpaired) electrons. The monoisotopic (exact) mass is 257 g/mol. The standard InChI is InChI=1S/C11H15NO4S/c1-8(6-13)7-17-10-5-3-4-9(16-2)11(10)12(14)15/h3-5,8,13H,6-7H2,1-2H3. The number of nitrogens with zero attached hydrogens (tertiary/aromatic N) is 1. The average molecular weight is 257 g/mol. The van der Waals surface area contributed by atoms with Crippen LogP contribution in [-0.2, 0) is 0 Å². The summed E-state index contributed by atoms with van der Waals surface area (Å²) in [6.07, 6.45) is 0. The van der Waals surface area contributed by atoms with Gasteiger partial charge >= 0.3 is 5.69 Å². The van der Waals surface area contributed by atoms with E-state index in [1.807, 2.05) is 6.92 Å². The minimum absolute atomic E-state index is 0.00913. The average Bonchev–Trinajstić information content (AvgIpc) is 2.34. The first kappa shape index (κ1) is 13.8. The van der Waals surface area contributed by atoms with Crippen molar-refractivity contribution in [2.45, 2.75) is 11.8 Å². The first-order valence-electron chi connectivity index (χ1n) is 5.15. The zero-order chi connectivity index (χ0) is 12.8. The van der Waals surface area contributed by atoms with E-state index < -0.39 is 4.92 Å². The van der Waals surface area contributed by atoms with Crippen molar-refractivity contribution < 1.29 is 14.8 Å². The molecule has 17 heavy (non-hydrogen) atoms.